The van der Waals surface area contributed by atoms with Gasteiger partial charge in [0, 0.05) is 24.8 Å². The van der Waals surface area contributed by atoms with Gasteiger partial charge in [0.2, 0.25) is 15.9 Å². The van der Waals surface area contributed by atoms with Gasteiger partial charge in [0.05, 0.1) is 16.7 Å². The highest BCUT2D eigenvalue weighted by molar-refractivity contribution is 7.89. The number of hydrogen-bond acceptors (Lipinski definition) is 4. The Hall–Kier alpha value is -1.03. The van der Waals surface area contributed by atoms with Gasteiger partial charge in [-0.1, -0.05) is 18.2 Å². The standard InChI is InChI=1S/C17H33N3O4S2/c1-4-8-16(9-7-14-26(18,23)24)11-13-19-17(21)10-5-6-12-20-25(22)15(2)3/h4,7,9,15-16,20H,1,5-6,8,10-14H2,2-3H3,(H,19,21)(H2,18,23,24)/b9-7-/t16-,25?/m1/s1. The molecule has 0 aliphatic heterocycles. The fraction of sp³-hybridized carbons (Fsp3) is 0.706. The van der Waals surface area contributed by atoms with Gasteiger partial charge < -0.3 is 5.32 Å². The number of primary sulfonamides is 1. The van der Waals surface area contributed by atoms with Crippen molar-refractivity contribution in [2.24, 2.45) is 11.1 Å². The third-order valence-corrected chi connectivity index (χ3v) is 5.55. The zero-order valence-corrected chi connectivity index (χ0v) is 17.4. The zero-order valence-electron chi connectivity index (χ0n) is 15.8. The van der Waals surface area contributed by atoms with Crippen molar-refractivity contribution in [1.29, 1.82) is 0 Å². The molecule has 0 spiro atoms. The molecule has 0 aromatic rings. The lowest BCUT2D eigenvalue weighted by Gasteiger charge is -2.11. The minimum atomic E-state index is -3.50. The van der Waals surface area contributed by atoms with E-state index in [1.54, 1.807) is 18.2 Å². The minimum absolute atomic E-state index is 0.0131. The third kappa shape index (κ3) is 15.2. The predicted octanol–water partition coefficient (Wildman–Crippen LogP) is 1.36. The lowest BCUT2D eigenvalue weighted by molar-refractivity contribution is -0.121. The maximum Gasteiger partial charge on any atom is 0.219 e. The Bertz CT molecular complexity index is 575. The molecule has 0 aliphatic carbocycles. The molecular weight excluding hydrogens is 374 g/mol. The largest absolute Gasteiger partial charge is 0.356 e. The average Bonchev–Trinajstić information content (AvgIpc) is 2.53. The molecule has 0 saturated heterocycles. The van der Waals surface area contributed by atoms with Crippen molar-refractivity contribution in [2.45, 2.75) is 51.2 Å². The van der Waals surface area contributed by atoms with Gasteiger partial charge >= 0.3 is 0 Å². The summed E-state index contributed by atoms with van der Waals surface area (Å²) in [4.78, 5) is 11.8. The van der Waals surface area contributed by atoms with Crippen LogP contribution in [0.15, 0.2) is 24.8 Å². The molecule has 0 aliphatic rings. The van der Waals surface area contributed by atoms with E-state index < -0.39 is 21.0 Å². The highest BCUT2D eigenvalue weighted by Crippen LogP contribution is 2.10. The molecule has 26 heavy (non-hydrogen) atoms. The van der Waals surface area contributed by atoms with E-state index in [1.165, 1.54) is 0 Å². The van der Waals surface area contributed by atoms with Crippen LogP contribution in [0.2, 0.25) is 0 Å². The molecule has 7 nitrogen and oxygen atoms in total. The van der Waals surface area contributed by atoms with E-state index in [9.17, 15) is 17.4 Å². The molecule has 0 saturated carbocycles. The number of hydrogen-bond donors (Lipinski definition) is 3. The van der Waals surface area contributed by atoms with E-state index in [0.29, 0.717) is 32.4 Å². The van der Waals surface area contributed by atoms with Crippen LogP contribution in [0.1, 0.15) is 46.0 Å². The first-order valence-electron chi connectivity index (χ1n) is 8.84. The van der Waals surface area contributed by atoms with Crippen molar-refractivity contribution in [1.82, 2.24) is 10.0 Å². The number of nitrogens with two attached hydrogens (primary N) is 1. The number of rotatable bonds is 15. The van der Waals surface area contributed by atoms with Crippen LogP contribution < -0.4 is 15.2 Å². The van der Waals surface area contributed by atoms with Crippen molar-refractivity contribution in [3.8, 4) is 0 Å². The quantitative estimate of drug-likeness (QED) is 0.280. The molecular formula is C17H33N3O4S2. The summed E-state index contributed by atoms with van der Waals surface area (Å²) in [5, 5.41) is 7.91. The van der Waals surface area contributed by atoms with Crippen LogP contribution in [0.5, 0.6) is 0 Å². The Balaban J connectivity index is 3.94. The van der Waals surface area contributed by atoms with Crippen LogP contribution in [0.4, 0.5) is 0 Å². The van der Waals surface area contributed by atoms with Crippen molar-refractivity contribution in [3.05, 3.63) is 24.8 Å². The Labute approximate surface area is 160 Å². The average molecular weight is 408 g/mol. The second-order valence-corrected chi connectivity index (χ2v) is 9.86. The summed E-state index contributed by atoms with van der Waals surface area (Å²) in [6, 6.07) is 0. The minimum Gasteiger partial charge on any atom is -0.356 e. The van der Waals surface area contributed by atoms with Crippen LogP contribution in [0, 0.1) is 5.92 Å². The van der Waals surface area contributed by atoms with E-state index in [-0.39, 0.29) is 22.8 Å². The second kappa shape index (κ2) is 14.1. The lowest BCUT2D eigenvalue weighted by Crippen LogP contribution is -2.27. The van der Waals surface area contributed by atoms with Crippen LogP contribution in [-0.4, -0.2) is 42.6 Å². The normalized spacial score (nSPS) is 14.5. The first kappa shape index (κ1) is 25.0. The molecule has 1 unspecified atom stereocenters. The molecule has 9 heteroatoms. The summed E-state index contributed by atoms with van der Waals surface area (Å²) >= 11 is 0. The molecule has 0 fully saturated rings. The SMILES string of the molecule is C=CC[C@H](/C=C\CS(N)(=O)=O)CCNC(=O)CCCCNS(=O)C(C)C. The summed E-state index contributed by atoms with van der Waals surface area (Å²) in [6.07, 6.45) is 8.48. The lowest BCUT2D eigenvalue weighted by atomic mass is 10.0. The number of carbonyl (C=O) groups is 1. The summed E-state index contributed by atoms with van der Waals surface area (Å²) in [5.41, 5.74) is 0. The summed E-state index contributed by atoms with van der Waals surface area (Å²) in [6.45, 7) is 8.62. The van der Waals surface area contributed by atoms with Crippen LogP contribution >= 0.6 is 0 Å². The molecule has 0 rings (SSSR count). The number of unbranched alkanes of at least 4 members (excludes halogenated alkanes) is 1. The van der Waals surface area contributed by atoms with Gasteiger partial charge in [0.1, 0.15) is 0 Å². The van der Waals surface area contributed by atoms with Gasteiger partial charge in [-0.3, -0.25) is 4.79 Å². The number of nitrogens with one attached hydrogen (secondary N) is 2. The highest BCUT2D eigenvalue weighted by Gasteiger charge is 2.07. The maximum atomic E-state index is 11.8. The van der Waals surface area contributed by atoms with Crippen LogP contribution in [0.3, 0.4) is 0 Å². The van der Waals surface area contributed by atoms with Crippen molar-refractivity contribution >= 4 is 26.9 Å². The molecule has 0 aromatic heterocycles. The van der Waals surface area contributed by atoms with E-state index in [4.69, 9.17) is 5.14 Å². The monoisotopic (exact) mass is 407 g/mol. The van der Waals surface area contributed by atoms with Gasteiger partial charge in [0.25, 0.3) is 0 Å². The van der Waals surface area contributed by atoms with E-state index in [1.807, 2.05) is 13.8 Å². The summed E-state index contributed by atoms with van der Waals surface area (Å²) < 4.78 is 36.3. The number of carbonyl (C=O) groups excluding carboxylic acids is 1. The van der Waals surface area contributed by atoms with Crippen molar-refractivity contribution in [3.63, 3.8) is 0 Å². The van der Waals surface area contributed by atoms with Crippen molar-refractivity contribution in [2.75, 3.05) is 18.8 Å². The van der Waals surface area contributed by atoms with Crippen molar-refractivity contribution < 1.29 is 17.4 Å². The summed E-state index contributed by atoms with van der Waals surface area (Å²) in [7, 11) is -4.52. The molecule has 0 bridgehead atoms. The molecule has 0 aromatic carbocycles. The summed E-state index contributed by atoms with van der Waals surface area (Å²) in [5.74, 6) is -0.0894. The van der Waals surface area contributed by atoms with E-state index in [2.05, 4.69) is 16.6 Å². The Morgan fingerprint density at radius 3 is 2.54 bits per heavy atom. The predicted molar refractivity (Wildman–Crippen MR) is 108 cm³/mol. The zero-order chi connectivity index (χ0) is 20.0. The third-order valence-electron chi connectivity index (χ3n) is 3.55. The van der Waals surface area contributed by atoms with Crippen LogP contribution in [-0.2, 0) is 25.8 Å². The molecule has 0 radical (unpaired) electrons. The van der Waals surface area contributed by atoms with Gasteiger partial charge in [-0.15, -0.1) is 6.58 Å². The van der Waals surface area contributed by atoms with E-state index >= 15 is 0 Å². The first-order chi connectivity index (χ1) is 12.2. The van der Waals surface area contributed by atoms with Gasteiger partial charge in [-0.05, 0) is 45.4 Å². The van der Waals surface area contributed by atoms with Gasteiger partial charge in [0.15, 0.2) is 0 Å². The smallest absolute Gasteiger partial charge is 0.219 e. The molecule has 1 amide bonds. The number of amides is 1. The van der Waals surface area contributed by atoms with Crippen LogP contribution in [0.25, 0.3) is 0 Å². The second-order valence-electron chi connectivity index (χ2n) is 6.38. The van der Waals surface area contributed by atoms with Gasteiger partial charge in [-0.25, -0.2) is 22.5 Å². The first-order valence-corrected chi connectivity index (χ1v) is 11.8. The Morgan fingerprint density at radius 2 is 1.96 bits per heavy atom. The number of sulfonamides is 1. The number of allylic oxidation sites excluding steroid dienone is 2. The maximum absolute atomic E-state index is 11.8. The van der Waals surface area contributed by atoms with Gasteiger partial charge in [-0.2, -0.15) is 0 Å². The fourth-order valence-electron chi connectivity index (χ4n) is 2.12. The highest BCUT2D eigenvalue weighted by atomic mass is 32.2. The van der Waals surface area contributed by atoms with E-state index in [0.717, 1.165) is 12.8 Å². The molecule has 152 valence electrons. The molecule has 0 heterocycles. The molecule has 4 N–H and O–H groups in total. The Kier molecular flexibility index (Phi) is 13.5. The fourth-order valence-corrected chi connectivity index (χ4v) is 3.18. The Morgan fingerprint density at radius 1 is 1.27 bits per heavy atom. The molecule has 2 atom stereocenters. The topological polar surface area (TPSA) is 118 Å².